The van der Waals surface area contributed by atoms with Crippen molar-refractivity contribution in [3.05, 3.63) is 53.1 Å². The van der Waals surface area contributed by atoms with Gasteiger partial charge in [0.15, 0.2) is 0 Å². The van der Waals surface area contributed by atoms with Crippen LogP contribution in [0.5, 0.6) is 17.2 Å². The van der Waals surface area contributed by atoms with Crippen molar-refractivity contribution in [2.45, 2.75) is 39.5 Å². The molecule has 0 atom stereocenters. The molecule has 0 aliphatic heterocycles. The lowest BCUT2D eigenvalue weighted by atomic mass is 9.85. The van der Waals surface area contributed by atoms with Gasteiger partial charge in [-0.2, -0.15) is 0 Å². The monoisotopic (exact) mass is 372 g/mol. The van der Waals surface area contributed by atoms with Crippen LogP contribution in [0.25, 0.3) is 0 Å². The molecule has 0 aliphatic rings. The number of hydrogen-bond acceptors (Lipinski definition) is 4. The van der Waals surface area contributed by atoms with E-state index in [1.54, 1.807) is 12.1 Å². The third-order valence-electron chi connectivity index (χ3n) is 4.28. The van der Waals surface area contributed by atoms with Gasteiger partial charge in [-0.25, -0.2) is 4.79 Å². The van der Waals surface area contributed by atoms with E-state index in [0.717, 1.165) is 17.7 Å². The molecule has 0 unspecified atom stereocenters. The molecule has 0 saturated carbocycles. The van der Waals surface area contributed by atoms with Crippen LogP contribution in [0.4, 0.5) is 0 Å². The molecule has 0 fully saturated rings. The largest absolute Gasteiger partial charge is 0.497 e. The van der Waals surface area contributed by atoms with E-state index in [1.807, 2.05) is 6.07 Å². The summed E-state index contributed by atoms with van der Waals surface area (Å²) in [6, 6.07) is 10.9. The summed E-state index contributed by atoms with van der Waals surface area (Å²) in [4.78, 5) is 11.3. The molecular weight excluding hydrogens is 344 g/mol. The molecule has 0 aliphatic carbocycles. The van der Waals surface area contributed by atoms with Crippen LogP contribution < -0.4 is 14.2 Å². The third-order valence-corrected chi connectivity index (χ3v) is 4.28. The number of benzene rings is 2. The summed E-state index contributed by atoms with van der Waals surface area (Å²) in [6.07, 6.45) is 0.972. The number of aromatic carboxylic acids is 1. The Kier molecular flexibility index (Phi) is 6.72. The Morgan fingerprint density at radius 1 is 1.00 bits per heavy atom. The van der Waals surface area contributed by atoms with Gasteiger partial charge in [0.2, 0.25) is 0 Å². The SMILES string of the molecule is CCc1ccc(OCCOc2cc(OC)ccc2C(=O)O)c(C(C)(C)C)c1. The summed E-state index contributed by atoms with van der Waals surface area (Å²) < 4.78 is 16.7. The molecule has 2 aromatic rings. The number of carboxylic acid groups (broad SMARTS) is 1. The van der Waals surface area contributed by atoms with E-state index in [-0.39, 0.29) is 23.3 Å². The van der Waals surface area contributed by atoms with Gasteiger partial charge >= 0.3 is 5.97 Å². The van der Waals surface area contributed by atoms with Crippen LogP contribution in [-0.4, -0.2) is 31.4 Å². The van der Waals surface area contributed by atoms with Crippen molar-refractivity contribution in [3.63, 3.8) is 0 Å². The van der Waals surface area contributed by atoms with Crippen molar-refractivity contribution >= 4 is 5.97 Å². The van der Waals surface area contributed by atoms with Crippen LogP contribution in [0.3, 0.4) is 0 Å². The second kappa shape index (κ2) is 8.80. The van der Waals surface area contributed by atoms with Gasteiger partial charge in [0.05, 0.1) is 7.11 Å². The predicted molar refractivity (Wildman–Crippen MR) is 105 cm³/mol. The molecule has 0 aromatic heterocycles. The highest BCUT2D eigenvalue weighted by molar-refractivity contribution is 5.91. The molecule has 0 bridgehead atoms. The Morgan fingerprint density at radius 3 is 2.22 bits per heavy atom. The lowest BCUT2D eigenvalue weighted by molar-refractivity contribution is 0.0691. The average Bonchev–Trinajstić information content (AvgIpc) is 2.64. The van der Waals surface area contributed by atoms with E-state index in [9.17, 15) is 9.90 Å². The smallest absolute Gasteiger partial charge is 0.339 e. The van der Waals surface area contributed by atoms with Gasteiger partial charge in [0.25, 0.3) is 0 Å². The Morgan fingerprint density at radius 2 is 1.67 bits per heavy atom. The predicted octanol–water partition coefficient (Wildman–Crippen LogP) is 4.71. The number of hydrogen-bond donors (Lipinski definition) is 1. The molecule has 0 amide bonds. The summed E-state index contributed by atoms with van der Waals surface area (Å²) in [5.74, 6) is 0.593. The highest BCUT2D eigenvalue weighted by atomic mass is 16.5. The molecular formula is C22H28O5. The van der Waals surface area contributed by atoms with Gasteiger partial charge in [0.1, 0.15) is 36.0 Å². The lowest BCUT2D eigenvalue weighted by Crippen LogP contribution is -2.16. The number of rotatable bonds is 8. The Hall–Kier alpha value is -2.69. The van der Waals surface area contributed by atoms with Crippen molar-refractivity contribution in [2.24, 2.45) is 0 Å². The van der Waals surface area contributed by atoms with Crippen molar-refractivity contribution in [1.29, 1.82) is 0 Å². The fraction of sp³-hybridized carbons (Fsp3) is 0.409. The molecule has 2 rings (SSSR count). The van der Waals surface area contributed by atoms with Gasteiger partial charge in [0, 0.05) is 6.07 Å². The topological polar surface area (TPSA) is 65.0 Å². The fourth-order valence-electron chi connectivity index (χ4n) is 2.74. The van der Waals surface area contributed by atoms with Crippen molar-refractivity contribution < 1.29 is 24.1 Å². The maximum absolute atomic E-state index is 11.3. The summed E-state index contributed by atoms with van der Waals surface area (Å²) in [5, 5.41) is 9.29. The zero-order chi connectivity index (χ0) is 20.0. The number of methoxy groups -OCH3 is 1. The van der Waals surface area contributed by atoms with E-state index in [4.69, 9.17) is 14.2 Å². The highest BCUT2D eigenvalue weighted by Crippen LogP contribution is 2.32. The van der Waals surface area contributed by atoms with E-state index in [1.165, 1.54) is 18.7 Å². The van der Waals surface area contributed by atoms with E-state index >= 15 is 0 Å². The first kappa shape index (κ1) is 20.6. The first-order valence-electron chi connectivity index (χ1n) is 9.06. The molecule has 1 N–H and O–H groups in total. The fourth-order valence-corrected chi connectivity index (χ4v) is 2.74. The summed E-state index contributed by atoms with van der Waals surface area (Å²) >= 11 is 0. The summed E-state index contributed by atoms with van der Waals surface area (Å²) in [6.45, 7) is 9.13. The molecule has 2 aromatic carbocycles. The van der Waals surface area contributed by atoms with E-state index in [0.29, 0.717) is 12.4 Å². The Bertz CT molecular complexity index is 790. The van der Waals surface area contributed by atoms with Gasteiger partial charge in [-0.1, -0.05) is 39.8 Å². The Balaban J connectivity index is 2.07. The van der Waals surface area contributed by atoms with Gasteiger partial charge in [-0.05, 0) is 41.2 Å². The number of aryl methyl sites for hydroxylation is 1. The first-order valence-corrected chi connectivity index (χ1v) is 9.06. The van der Waals surface area contributed by atoms with Gasteiger partial charge in [-0.3, -0.25) is 0 Å². The molecule has 146 valence electrons. The second-order valence-corrected chi connectivity index (χ2v) is 7.30. The average molecular weight is 372 g/mol. The second-order valence-electron chi connectivity index (χ2n) is 7.30. The minimum absolute atomic E-state index is 0.0371. The van der Waals surface area contributed by atoms with E-state index < -0.39 is 5.97 Å². The van der Waals surface area contributed by atoms with Gasteiger partial charge in [-0.15, -0.1) is 0 Å². The molecule has 0 spiro atoms. The normalized spacial score (nSPS) is 11.1. The molecule has 0 saturated heterocycles. The van der Waals surface area contributed by atoms with Crippen LogP contribution in [0.1, 0.15) is 49.2 Å². The van der Waals surface area contributed by atoms with E-state index in [2.05, 4.69) is 39.8 Å². The molecule has 27 heavy (non-hydrogen) atoms. The molecule has 0 radical (unpaired) electrons. The van der Waals surface area contributed by atoms with Crippen LogP contribution in [0.15, 0.2) is 36.4 Å². The minimum atomic E-state index is -1.04. The maximum Gasteiger partial charge on any atom is 0.339 e. The van der Waals surface area contributed by atoms with Crippen molar-refractivity contribution in [3.8, 4) is 17.2 Å². The quantitative estimate of drug-likeness (QED) is 0.680. The molecule has 5 nitrogen and oxygen atoms in total. The maximum atomic E-state index is 11.3. The van der Waals surface area contributed by atoms with Crippen LogP contribution in [0.2, 0.25) is 0 Å². The Labute approximate surface area is 160 Å². The van der Waals surface area contributed by atoms with Crippen molar-refractivity contribution in [1.82, 2.24) is 0 Å². The summed E-state index contributed by atoms with van der Waals surface area (Å²) in [5.41, 5.74) is 2.48. The lowest BCUT2D eigenvalue weighted by Gasteiger charge is -2.24. The van der Waals surface area contributed by atoms with Crippen molar-refractivity contribution in [2.75, 3.05) is 20.3 Å². The first-order chi connectivity index (χ1) is 12.8. The molecule has 0 heterocycles. The number of carboxylic acids is 1. The van der Waals surface area contributed by atoms with Crippen LogP contribution in [0, 0.1) is 0 Å². The van der Waals surface area contributed by atoms with Crippen LogP contribution >= 0.6 is 0 Å². The standard InChI is InChI=1S/C22H28O5/c1-6-15-7-10-19(18(13-15)22(2,3)4)26-11-12-27-20-14-16(25-5)8-9-17(20)21(23)24/h7-10,13-14H,6,11-12H2,1-5H3,(H,23,24). The number of carbonyl (C=O) groups is 1. The molecule has 5 heteroatoms. The third kappa shape index (κ3) is 5.39. The zero-order valence-corrected chi connectivity index (χ0v) is 16.7. The van der Waals surface area contributed by atoms with Crippen LogP contribution in [-0.2, 0) is 11.8 Å². The number of ether oxygens (including phenoxy) is 3. The summed E-state index contributed by atoms with van der Waals surface area (Å²) in [7, 11) is 1.52. The zero-order valence-electron chi connectivity index (χ0n) is 16.7. The van der Waals surface area contributed by atoms with Gasteiger partial charge < -0.3 is 19.3 Å². The minimum Gasteiger partial charge on any atom is -0.497 e. The highest BCUT2D eigenvalue weighted by Gasteiger charge is 2.19.